The first-order valence-corrected chi connectivity index (χ1v) is 12.2. The van der Waals surface area contributed by atoms with Crippen LogP contribution in [-0.2, 0) is 4.74 Å². The molecule has 0 atom stereocenters. The Balaban J connectivity index is 1.27. The van der Waals surface area contributed by atoms with Crippen molar-refractivity contribution in [2.45, 2.75) is 0 Å². The Kier molecular flexibility index (Phi) is 5.62. The van der Waals surface area contributed by atoms with Crippen molar-refractivity contribution in [3.8, 4) is 5.75 Å². The summed E-state index contributed by atoms with van der Waals surface area (Å²) in [6.45, 7) is 4.55. The number of aromatic nitrogens is 1. The number of hydrogen-bond acceptors (Lipinski definition) is 7. The molecular formula is C26H23N3O4S. The number of nitrogens with one attached hydrogen (secondary N) is 1. The molecular weight excluding hydrogens is 450 g/mol. The van der Waals surface area contributed by atoms with E-state index in [9.17, 15) is 4.79 Å². The third-order valence-corrected chi connectivity index (χ3v) is 6.88. The van der Waals surface area contributed by atoms with Crippen LogP contribution in [0.2, 0.25) is 0 Å². The summed E-state index contributed by atoms with van der Waals surface area (Å²) in [6.07, 6.45) is 0. The van der Waals surface area contributed by atoms with Gasteiger partial charge in [-0.05, 0) is 35.0 Å². The van der Waals surface area contributed by atoms with Crippen molar-refractivity contribution in [1.29, 1.82) is 0 Å². The van der Waals surface area contributed by atoms with Gasteiger partial charge in [0.05, 0.1) is 29.0 Å². The van der Waals surface area contributed by atoms with Crippen LogP contribution in [0.5, 0.6) is 5.75 Å². The minimum absolute atomic E-state index is 0.277. The first-order chi connectivity index (χ1) is 16.7. The minimum Gasteiger partial charge on any atom is -0.491 e. The lowest BCUT2D eigenvalue weighted by molar-refractivity contribution is 0.0322. The average molecular weight is 474 g/mol. The summed E-state index contributed by atoms with van der Waals surface area (Å²) in [5.74, 6) is 0.663. The molecule has 172 valence electrons. The van der Waals surface area contributed by atoms with E-state index >= 15 is 0 Å². The highest BCUT2D eigenvalue weighted by Crippen LogP contribution is 2.32. The number of carbonyl (C=O) groups is 1. The Morgan fingerprint density at radius 2 is 1.88 bits per heavy atom. The Hall–Kier alpha value is -3.46. The van der Waals surface area contributed by atoms with E-state index in [-0.39, 0.29) is 5.91 Å². The van der Waals surface area contributed by atoms with Gasteiger partial charge in [0, 0.05) is 31.1 Å². The van der Waals surface area contributed by atoms with Crippen molar-refractivity contribution in [3.63, 3.8) is 0 Å². The summed E-state index contributed by atoms with van der Waals surface area (Å²) >= 11 is 1.56. The largest absolute Gasteiger partial charge is 0.491 e. The summed E-state index contributed by atoms with van der Waals surface area (Å²) in [7, 11) is 0. The highest BCUT2D eigenvalue weighted by Gasteiger charge is 2.18. The summed E-state index contributed by atoms with van der Waals surface area (Å²) < 4.78 is 18.6. The topological polar surface area (TPSA) is 76.8 Å². The first kappa shape index (κ1) is 21.1. The molecule has 1 aliphatic rings. The number of amides is 1. The fourth-order valence-corrected chi connectivity index (χ4v) is 4.97. The Labute approximate surface area is 199 Å². The van der Waals surface area contributed by atoms with Gasteiger partial charge in [0.25, 0.3) is 5.91 Å². The zero-order valence-electron chi connectivity index (χ0n) is 18.5. The molecule has 0 bridgehead atoms. The molecule has 6 rings (SSSR count). The summed E-state index contributed by atoms with van der Waals surface area (Å²) in [5.41, 5.74) is 3.75. The number of thiazole rings is 1. The number of fused-ring (bicyclic) bond motifs is 4. The van der Waals surface area contributed by atoms with Crippen LogP contribution >= 0.6 is 11.3 Å². The minimum atomic E-state index is -0.277. The third-order valence-electron chi connectivity index (χ3n) is 6.08. The molecule has 1 aliphatic heterocycles. The van der Waals surface area contributed by atoms with Gasteiger partial charge in [0.2, 0.25) is 5.88 Å². The van der Waals surface area contributed by atoms with Crippen LogP contribution in [0.25, 0.3) is 32.0 Å². The number of furan rings is 1. The van der Waals surface area contributed by atoms with Gasteiger partial charge in [0.15, 0.2) is 5.58 Å². The Morgan fingerprint density at radius 1 is 1.06 bits per heavy atom. The van der Waals surface area contributed by atoms with Crippen LogP contribution < -0.4 is 10.1 Å². The molecule has 0 unspecified atom stereocenters. The van der Waals surface area contributed by atoms with E-state index in [0.29, 0.717) is 29.4 Å². The number of benzene rings is 3. The van der Waals surface area contributed by atoms with Gasteiger partial charge < -0.3 is 13.9 Å². The number of nitrogens with zero attached hydrogens (tertiary/aromatic N) is 2. The number of anilines is 1. The molecule has 0 spiro atoms. The van der Waals surface area contributed by atoms with Gasteiger partial charge in [-0.3, -0.25) is 15.0 Å². The third kappa shape index (κ3) is 4.11. The fraction of sp³-hybridized carbons (Fsp3) is 0.231. The molecule has 1 fully saturated rings. The summed E-state index contributed by atoms with van der Waals surface area (Å²) in [5, 5.41) is 5.81. The molecule has 7 nitrogen and oxygen atoms in total. The summed E-state index contributed by atoms with van der Waals surface area (Å²) in [6, 6.07) is 17.6. The van der Waals surface area contributed by atoms with Crippen molar-refractivity contribution < 1.29 is 18.7 Å². The maximum Gasteiger partial charge on any atom is 0.261 e. The average Bonchev–Trinajstić information content (AvgIpc) is 3.50. The van der Waals surface area contributed by atoms with E-state index in [2.05, 4.69) is 15.2 Å². The highest BCUT2D eigenvalue weighted by molar-refractivity contribution is 7.16. The molecule has 8 heteroatoms. The van der Waals surface area contributed by atoms with E-state index < -0.39 is 0 Å². The van der Waals surface area contributed by atoms with Crippen LogP contribution in [0.15, 0.2) is 64.5 Å². The van der Waals surface area contributed by atoms with Gasteiger partial charge >= 0.3 is 0 Å². The molecule has 3 heterocycles. The van der Waals surface area contributed by atoms with Gasteiger partial charge in [-0.2, -0.15) is 0 Å². The second-order valence-electron chi connectivity index (χ2n) is 8.25. The lowest BCUT2D eigenvalue weighted by Crippen LogP contribution is -2.38. The zero-order valence-corrected chi connectivity index (χ0v) is 19.3. The zero-order chi connectivity index (χ0) is 22.9. The molecule has 1 N–H and O–H groups in total. The quantitative estimate of drug-likeness (QED) is 0.367. The smallest absolute Gasteiger partial charge is 0.261 e. The highest BCUT2D eigenvalue weighted by atomic mass is 32.1. The van der Waals surface area contributed by atoms with Crippen LogP contribution in [0.1, 0.15) is 10.4 Å². The van der Waals surface area contributed by atoms with E-state index in [1.165, 1.54) is 0 Å². The van der Waals surface area contributed by atoms with E-state index in [1.807, 2.05) is 54.6 Å². The Bertz CT molecular complexity index is 1490. The second-order valence-corrected chi connectivity index (χ2v) is 9.13. The van der Waals surface area contributed by atoms with Crippen LogP contribution in [0, 0.1) is 0 Å². The van der Waals surface area contributed by atoms with Crippen molar-refractivity contribution in [2.24, 2.45) is 0 Å². The lowest BCUT2D eigenvalue weighted by Gasteiger charge is -2.26. The number of ether oxygens (including phenoxy) is 2. The van der Waals surface area contributed by atoms with E-state index in [0.717, 1.165) is 59.2 Å². The van der Waals surface area contributed by atoms with Crippen molar-refractivity contribution in [2.75, 3.05) is 44.8 Å². The van der Waals surface area contributed by atoms with Crippen molar-refractivity contribution in [3.05, 3.63) is 65.7 Å². The normalized spacial score (nSPS) is 14.7. The van der Waals surface area contributed by atoms with Gasteiger partial charge in [0.1, 0.15) is 17.9 Å². The van der Waals surface area contributed by atoms with E-state index in [4.69, 9.17) is 13.9 Å². The maximum atomic E-state index is 13.3. The van der Waals surface area contributed by atoms with E-state index in [1.54, 1.807) is 16.8 Å². The number of carbonyl (C=O) groups excluding carboxylic acids is 1. The number of rotatable bonds is 6. The molecule has 2 aromatic heterocycles. The number of hydrogen-bond donors (Lipinski definition) is 1. The predicted molar refractivity (Wildman–Crippen MR) is 134 cm³/mol. The van der Waals surface area contributed by atoms with Crippen LogP contribution in [0.3, 0.4) is 0 Å². The van der Waals surface area contributed by atoms with Crippen LogP contribution in [-0.4, -0.2) is 55.2 Å². The van der Waals surface area contributed by atoms with Gasteiger partial charge in [-0.15, -0.1) is 11.3 Å². The van der Waals surface area contributed by atoms with Crippen molar-refractivity contribution >= 4 is 55.1 Å². The SMILES string of the molecule is O=C(Nc1cc2ccc3scnc3c2o1)c1cc2ccccc2cc1OCCN1CCOCC1. The second kappa shape index (κ2) is 9.06. The maximum absolute atomic E-state index is 13.3. The molecule has 1 saturated heterocycles. The molecule has 1 amide bonds. The summed E-state index contributed by atoms with van der Waals surface area (Å²) in [4.78, 5) is 20.0. The Morgan fingerprint density at radius 3 is 2.74 bits per heavy atom. The molecule has 0 saturated carbocycles. The van der Waals surface area contributed by atoms with Crippen molar-refractivity contribution in [1.82, 2.24) is 9.88 Å². The molecule has 0 radical (unpaired) electrons. The lowest BCUT2D eigenvalue weighted by atomic mass is 10.1. The fourth-order valence-electron chi connectivity index (χ4n) is 4.29. The molecule has 5 aromatic rings. The first-order valence-electron chi connectivity index (χ1n) is 11.3. The van der Waals surface area contributed by atoms with Gasteiger partial charge in [-0.25, -0.2) is 4.98 Å². The predicted octanol–water partition coefficient (Wildman–Crippen LogP) is 5.16. The number of morpholine rings is 1. The molecule has 0 aliphatic carbocycles. The molecule has 3 aromatic carbocycles. The molecule has 34 heavy (non-hydrogen) atoms. The standard InChI is InChI=1S/C26H23N3O4S/c30-26(28-23-15-19-5-6-22-24(25(19)33-23)27-16-34-22)20-13-17-3-1-2-4-18(17)14-21(20)32-12-9-29-7-10-31-11-8-29/h1-6,13-16H,7-12H2,(H,28,30). The van der Waals surface area contributed by atoms with Crippen LogP contribution in [0.4, 0.5) is 5.88 Å². The van der Waals surface area contributed by atoms with Gasteiger partial charge in [-0.1, -0.05) is 24.3 Å². The monoisotopic (exact) mass is 473 g/mol.